The maximum atomic E-state index is 13.3. The summed E-state index contributed by atoms with van der Waals surface area (Å²) in [4.78, 5) is 26.9. The van der Waals surface area contributed by atoms with Crippen molar-refractivity contribution in [3.8, 4) is 5.75 Å². The van der Waals surface area contributed by atoms with E-state index in [4.69, 9.17) is 16.3 Å². The largest absolute Gasteiger partial charge is 0.483 e. The van der Waals surface area contributed by atoms with E-state index in [-0.39, 0.29) is 30.3 Å². The number of benzene rings is 3. The van der Waals surface area contributed by atoms with Crippen molar-refractivity contribution in [3.63, 3.8) is 0 Å². The van der Waals surface area contributed by atoms with Crippen LogP contribution in [0.1, 0.15) is 34.5 Å². The smallest absolute Gasteiger partial charge is 0.261 e. The Labute approximate surface area is 184 Å². The second kappa shape index (κ2) is 8.78. The fourth-order valence-electron chi connectivity index (χ4n) is 3.49. The zero-order valence-electron chi connectivity index (χ0n) is 16.8. The van der Waals surface area contributed by atoms with Gasteiger partial charge in [0.1, 0.15) is 11.6 Å². The first-order valence-electron chi connectivity index (χ1n) is 9.78. The molecule has 3 aromatic carbocycles. The summed E-state index contributed by atoms with van der Waals surface area (Å²) in [5.41, 5.74) is 2.67. The third kappa shape index (κ3) is 4.70. The van der Waals surface area contributed by atoms with Gasteiger partial charge in [-0.05, 0) is 67.1 Å². The SMILES string of the molecule is CC(c1ccc(F)cc1)N1Cc2cc(NC(=O)c3ccc(Cl)cc3)ccc2OCC1=O. The number of fused-ring (bicyclic) bond motifs is 1. The minimum Gasteiger partial charge on any atom is -0.483 e. The van der Waals surface area contributed by atoms with Crippen LogP contribution in [0, 0.1) is 5.82 Å². The van der Waals surface area contributed by atoms with Gasteiger partial charge >= 0.3 is 0 Å². The number of nitrogens with zero attached hydrogens (tertiary/aromatic N) is 1. The summed E-state index contributed by atoms with van der Waals surface area (Å²) in [7, 11) is 0. The van der Waals surface area contributed by atoms with Gasteiger partial charge in [0.25, 0.3) is 11.8 Å². The Morgan fingerprint density at radius 2 is 1.81 bits per heavy atom. The van der Waals surface area contributed by atoms with Gasteiger partial charge < -0.3 is 15.0 Å². The molecule has 5 nitrogen and oxygen atoms in total. The first kappa shape index (κ1) is 20.9. The molecule has 2 amide bonds. The molecule has 0 radical (unpaired) electrons. The van der Waals surface area contributed by atoms with Crippen LogP contribution in [-0.2, 0) is 11.3 Å². The minimum atomic E-state index is -0.326. The first-order valence-corrected chi connectivity index (χ1v) is 10.2. The first-order chi connectivity index (χ1) is 14.9. The van der Waals surface area contributed by atoms with E-state index in [9.17, 15) is 14.0 Å². The molecule has 4 rings (SSSR count). The number of nitrogens with one attached hydrogen (secondary N) is 1. The van der Waals surface area contributed by atoms with Crippen molar-refractivity contribution >= 4 is 29.1 Å². The second-order valence-corrected chi connectivity index (χ2v) is 7.76. The monoisotopic (exact) mass is 438 g/mol. The number of amides is 2. The standard InChI is InChI=1S/C24H20ClFN2O3/c1-15(16-4-8-20(26)9-5-16)28-13-18-12-21(10-11-22(18)31-14-23(28)29)27-24(30)17-2-6-19(25)7-3-17/h2-12,15H,13-14H2,1H3,(H,27,30). The lowest BCUT2D eigenvalue weighted by atomic mass is 10.1. The predicted octanol–water partition coefficient (Wildman–Crippen LogP) is 5.21. The van der Waals surface area contributed by atoms with E-state index in [0.717, 1.165) is 11.1 Å². The molecule has 1 unspecified atom stereocenters. The summed E-state index contributed by atoms with van der Waals surface area (Å²) in [6.07, 6.45) is 0. The van der Waals surface area contributed by atoms with Gasteiger partial charge in [0, 0.05) is 21.8 Å². The zero-order chi connectivity index (χ0) is 22.0. The van der Waals surface area contributed by atoms with Gasteiger partial charge in [-0.2, -0.15) is 0 Å². The van der Waals surface area contributed by atoms with Crippen LogP contribution in [0.15, 0.2) is 66.7 Å². The molecule has 0 bridgehead atoms. The Morgan fingerprint density at radius 3 is 2.52 bits per heavy atom. The number of halogens is 2. The predicted molar refractivity (Wildman–Crippen MR) is 117 cm³/mol. The Hall–Kier alpha value is -3.38. The molecule has 1 aliphatic heterocycles. The number of ether oxygens (including phenoxy) is 1. The van der Waals surface area contributed by atoms with Gasteiger partial charge in [0.15, 0.2) is 6.61 Å². The Morgan fingerprint density at radius 1 is 1.10 bits per heavy atom. The van der Waals surface area contributed by atoms with Gasteiger partial charge in [0.2, 0.25) is 0 Å². The molecule has 0 fully saturated rings. The summed E-state index contributed by atoms with van der Waals surface area (Å²) in [5.74, 6) is -0.168. The molecule has 1 heterocycles. The molecule has 0 aromatic heterocycles. The van der Waals surface area contributed by atoms with Crippen LogP contribution in [0.3, 0.4) is 0 Å². The number of carbonyl (C=O) groups is 2. The lowest BCUT2D eigenvalue weighted by Crippen LogP contribution is -2.34. The van der Waals surface area contributed by atoms with E-state index in [1.54, 1.807) is 59.5 Å². The molecule has 158 valence electrons. The average molecular weight is 439 g/mol. The van der Waals surface area contributed by atoms with E-state index in [1.807, 2.05) is 6.92 Å². The molecule has 7 heteroatoms. The van der Waals surface area contributed by atoms with Gasteiger partial charge in [-0.1, -0.05) is 23.7 Å². The van der Waals surface area contributed by atoms with E-state index < -0.39 is 0 Å². The fourth-order valence-corrected chi connectivity index (χ4v) is 3.62. The van der Waals surface area contributed by atoms with Crippen molar-refractivity contribution in [2.45, 2.75) is 19.5 Å². The van der Waals surface area contributed by atoms with Gasteiger partial charge in [-0.3, -0.25) is 9.59 Å². The van der Waals surface area contributed by atoms with Crippen molar-refractivity contribution in [1.29, 1.82) is 0 Å². The number of hydrogen-bond acceptors (Lipinski definition) is 3. The van der Waals surface area contributed by atoms with Crippen molar-refractivity contribution in [2.75, 3.05) is 11.9 Å². The highest BCUT2D eigenvalue weighted by molar-refractivity contribution is 6.30. The molecule has 0 saturated heterocycles. The van der Waals surface area contributed by atoms with Crippen LogP contribution in [0.5, 0.6) is 5.75 Å². The van der Waals surface area contributed by atoms with Crippen LogP contribution < -0.4 is 10.1 Å². The maximum absolute atomic E-state index is 13.3. The molecular formula is C24H20ClFN2O3. The fraction of sp³-hybridized carbons (Fsp3) is 0.167. The van der Waals surface area contributed by atoms with Gasteiger partial charge in [-0.15, -0.1) is 0 Å². The van der Waals surface area contributed by atoms with Crippen LogP contribution in [0.25, 0.3) is 0 Å². The van der Waals surface area contributed by atoms with Crippen LogP contribution >= 0.6 is 11.6 Å². The maximum Gasteiger partial charge on any atom is 0.261 e. The zero-order valence-corrected chi connectivity index (χ0v) is 17.5. The summed E-state index contributed by atoms with van der Waals surface area (Å²) in [6.45, 7) is 2.11. The summed E-state index contributed by atoms with van der Waals surface area (Å²) < 4.78 is 19.0. The lowest BCUT2D eigenvalue weighted by molar-refractivity contribution is -0.135. The summed E-state index contributed by atoms with van der Waals surface area (Å²) in [5, 5.41) is 3.41. The third-order valence-electron chi connectivity index (χ3n) is 5.26. The number of anilines is 1. The molecule has 1 N–H and O–H groups in total. The normalized spacial score (nSPS) is 14.3. The molecular weight excluding hydrogens is 419 g/mol. The van der Waals surface area contributed by atoms with E-state index >= 15 is 0 Å². The van der Waals surface area contributed by atoms with Crippen LogP contribution in [0.2, 0.25) is 5.02 Å². The van der Waals surface area contributed by atoms with Crippen molar-refractivity contribution in [1.82, 2.24) is 4.90 Å². The van der Waals surface area contributed by atoms with Gasteiger partial charge in [0.05, 0.1) is 12.6 Å². The Balaban J connectivity index is 1.56. The minimum absolute atomic E-state index is 0.0883. The molecule has 1 atom stereocenters. The topological polar surface area (TPSA) is 58.6 Å². The van der Waals surface area contributed by atoms with E-state index in [2.05, 4.69) is 5.32 Å². The molecule has 3 aromatic rings. The molecule has 0 aliphatic carbocycles. The van der Waals surface area contributed by atoms with Gasteiger partial charge in [-0.25, -0.2) is 4.39 Å². The van der Waals surface area contributed by atoms with Crippen LogP contribution in [0.4, 0.5) is 10.1 Å². The molecule has 31 heavy (non-hydrogen) atoms. The summed E-state index contributed by atoms with van der Waals surface area (Å²) in [6, 6.07) is 17.7. The molecule has 0 spiro atoms. The highest BCUT2D eigenvalue weighted by atomic mass is 35.5. The quantitative estimate of drug-likeness (QED) is 0.608. The Kier molecular flexibility index (Phi) is 5.91. The number of hydrogen-bond donors (Lipinski definition) is 1. The third-order valence-corrected chi connectivity index (χ3v) is 5.51. The number of carbonyl (C=O) groups excluding carboxylic acids is 2. The lowest BCUT2D eigenvalue weighted by Gasteiger charge is -2.28. The average Bonchev–Trinajstić information content (AvgIpc) is 2.93. The Bertz CT molecular complexity index is 1120. The molecule has 1 aliphatic rings. The molecule has 0 saturated carbocycles. The van der Waals surface area contributed by atoms with E-state index in [0.29, 0.717) is 28.6 Å². The van der Waals surface area contributed by atoms with Crippen molar-refractivity contribution in [2.24, 2.45) is 0 Å². The second-order valence-electron chi connectivity index (χ2n) is 7.32. The summed E-state index contributed by atoms with van der Waals surface area (Å²) >= 11 is 5.88. The highest BCUT2D eigenvalue weighted by Crippen LogP contribution is 2.31. The van der Waals surface area contributed by atoms with Crippen molar-refractivity contribution in [3.05, 3.63) is 94.3 Å². The van der Waals surface area contributed by atoms with Crippen molar-refractivity contribution < 1.29 is 18.7 Å². The van der Waals surface area contributed by atoms with E-state index in [1.165, 1.54) is 12.1 Å². The van der Waals surface area contributed by atoms with Crippen LogP contribution in [-0.4, -0.2) is 23.3 Å². The number of rotatable bonds is 4. The highest BCUT2D eigenvalue weighted by Gasteiger charge is 2.27.